The fraction of sp³-hybridized carbons (Fsp3) is 0.419. The second-order valence-electron chi connectivity index (χ2n) is 15.6. The van der Waals surface area contributed by atoms with Gasteiger partial charge in [0.1, 0.15) is 24.7 Å². The lowest BCUT2D eigenvalue weighted by Crippen LogP contribution is -2.41. The van der Waals surface area contributed by atoms with Crippen LogP contribution in [0.25, 0.3) is 11.3 Å². The Morgan fingerprint density at radius 3 is 2.54 bits per heavy atom. The second-order valence-corrected chi connectivity index (χ2v) is 20.8. The van der Waals surface area contributed by atoms with Crippen molar-refractivity contribution in [3.63, 3.8) is 0 Å². The largest absolute Gasteiger partial charge is 0.489 e. The Labute approximate surface area is 335 Å². The number of ether oxygens (including phenoxy) is 5. The Morgan fingerprint density at radius 1 is 0.964 bits per heavy atom. The number of halogens is 1. The summed E-state index contributed by atoms with van der Waals surface area (Å²) in [5.41, 5.74) is 6.53. The van der Waals surface area contributed by atoms with Gasteiger partial charge >= 0.3 is 5.97 Å². The average Bonchev–Trinajstić information content (AvgIpc) is 3.14. The molecule has 0 saturated carbocycles. The zero-order valence-electron chi connectivity index (χ0n) is 33.1. The van der Waals surface area contributed by atoms with Gasteiger partial charge in [0.05, 0.1) is 56.4 Å². The number of nitrogens with one attached hydrogen (secondary N) is 2. The van der Waals surface area contributed by atoms with Crippen molar-refractivity contribution in [1.82, 2.24) is 4.98 Å². The van der Waals surface area contributed by atoms with E-state index >= 15 is 0 Å². The van der Waals surface area contributed by atoms with Gasteiger partial charge in [0.25, 0.3) is 0 Å². The summed E-state index contributed by atoms with van der Waals surface area (Å²) in [6, 6.07) is 20.6. The maximum absolute atomic E-state index is 14.1. The van der Waals surface area contributed by atoms with Gasteiger partial charge in [-0.05, 0) is 89.6 Å². The number of hydrogen-bond donors (Lipinski definition) is 2. The molecule has 6 rings (SSSR count). The number of benzene rings is 3. The minimum absolute atomic E-state index is 0.0185. The topological polar surface area (TPSA) is 126 Å². The number of fused-ring (bicyclic) bond motifs is 6. The minimum Gasteiger partial charge on any atom is -0.489 e. The standard InChI is InChI=1S/C43H52ClN3O8Si/c1-43(2,3)56(5,6)55-19-18-53-38-23-32(42(49)50-4)22-37(45-25-35-15-17-52-35)41(38)47-39(48)24-28-10-11-30-20-33(28)26-51-16-14-29-21-34(44)13-12-31(29)27-54-40-9-7-8-36(30)46-40/h7-13,20-23,35,45H,14-19,24-27H2,1-6H3,(H,47,48)/t35-/m0/s1. The first-order valence-electron chi connectivity index (χ1n) is 19.0. The molecule has 4 aromatic rings. The van der Waals surface area contributed by atoms with E-state index in [1.54, 1.807) is 12.1 Å². The van der Waals surface area contributed by atoms with E-state index in [4.69, 9.17) is 44.7 Å². The molecule has 13 heteroatoms. The number of carbonyl (C=O) groups excluding carboxylic acids is 2. The third-order valence-electron chi connectivity index (χ3n) is 10.6. The maximum Gasteiger partial charge on any atom is 0.338 e. The van der Waals surface area contributed by atoms with Gasteiger partial charge in [0.15, 0.2) is 8.32 Å². The van der Waals surface area contributed by atoms with Crippen LogP contribution in [0, 0.1) is 0 Å². The molecular formula is C43H52ClN3O8Si. The van der Waals surface area contributed by atoms with Gasteiger partial charge in [0.2, 0.25) is 11.8 Å². The van der Waals surface area contributed by atoms with Crippen LogP contribution in [0.1, 0.15) is 59.8 Å². The highest BCUT2D eigenvalue weighted by molar-refractivity contribution is 6.74. The van der Waals surface area contributed by atoms with Crippen LogP contribution in [0.4, 0.5) is 11.4 Å². The number of rotatable bonds is 12. The number of hydrogen-bond acceptors (Lipinski definition) is 10. The molecule has 56 heavy (non-hydrogen) atoms. The van der Waals surface area contributed by atoms with Gasteiger partial charge in [-0.25, -0.2) is 9.78 Å². The molecule has 3 heterocycles. The van der Waals surface area contributed by atoms with Crippen molar-refractivity contribution in [2.75, 3.05) is 50.7 Å². The molecule has 2 N–H and O–H groups in total. The lowest BCUT2D eigenvalue weighted by Gasteiger charge is -2.36. The monoisotopic (exact) mass is 801 g/mol. The van der Waals surface area contributed by atoms with Crippen molar-refractivity contribution in [3.05, 3.63) is 99.6 Å². The van der Waals surface area contributed by atoms with Crippen molar-refractivity contribution in [2.45, 2.75) is 77.5 Å². The normalized spacial score (nSPS) is 15.7. The van der Waals surface area contributed by atoms with E-state index in [0.717, 1.165) is 39.9 Å². The highest BCUT2D eigenvalue weighted by Crippen LogP contribution is 2.38. The number of aromatic nitrogens is 1. The molecule has 0 spiro atoms. The third-order valence-corrected chi connectivity index (χ3v) is 15.4. The summed E-state index contributed by atoms with van der Waals surface area (Å²) in [6.07, 6.45) is 1.61. The van der Waals surface area contributed by atoms with Crippen LogP contribution in [-0.4, -0.2) is 71.4 Å². The molecular weight excluding hydrogens is 750 g/mol. The summed E-state index contributed by atoms with van der Waals surface area (Å²) in [5.74, 6) is 0.0347. The van der Waals surface area contributed by atoms with E-state index in [9.17, 15) is 9.59 Å². The second kappa shape index (κ2) is 18.2. The third kappa shape index (κ3) is 10.5. The lowest BCUT2D eigenvalue weighted by molar-refractivity contribution is -0.115. The molecule has 11 nitrogen and oxygen atoms in total. The van der Waals surface area contributed by atoms with E-state index in [1.807, 2.05) is 54.6 Å². The molecule has 2 aliphatic rings. The molecule has 1 saturated heterocycles. The molecule has 1 atom stereocenters. The number of anilines is 2. The highest BCUT2D eigenvalue weighted by atomic mass is 35.5. The predicted molar refractivity (Wildman–Crippen MR) is 220 cm³/mol. The van der Waals surface area contributed by atoms with Crippen molar-refractivity contribution < 1.29 is 37.7 Å². The van der Waals surface area contributed by atoms with Gasteiger partial charge < -0.3 is 38.7 Å². The molecule has 1 fully saturated rings. The van der Waals surface area contributed by atoms with Crippen LogP contribution < -0.4 is 20.1 Å². The van der Waals surface area contributed by atoms with Crippen LogP contribution in [0.5, 0.6) is 11.6 Å². The lowest BCUT2D eigenvalue weighted by atomic mass is 9.99. The fourth-order valence-corrected chi connectivity index (χ4v) is 7.38. The van der Waals surface area contributed by atoms with E-state index in [0.29, 0.717) is 67.4 Å². The molecule has 1 aromatic heterocycles. The fourth-order valence-electron chi connectivity index (χ4n) is 6.16. The van der Waals surface area contributed by atoms with Crippen molar-refractivity contribution >= 4 is 43.2 Å². The maximum atomic E-state index is 14.1. The van der Waals surface area contributed by atoms with Crippen LogP contribution in [0.15, 0.2) is 66.7 Å². The van der Waals surface area contributed by atoms with Crippen LogP contribution in [-0.2, 0) is 49.5 Å². The molecule has 2 aliphatic heterocycles. The number of amides is 1. The molecule has 0 unspecified atom stereocenters. The zero-order chi connectivity index (χ0) is 39.9. The summed E-state index contributed by atoms with van der Waals surface area (Å²) < 4.78 is 35.7. The van der Waals surface area contributed by atoms with E-state index in [2.05, 4.69) is 44.5 Å². The summed E-state index contributed by atoms with van der Waals surface area (Å²) in [7, 11) is -0.705. The Hall–Kier alpha value is -4.46. The summed E-state index contributed by atoms with van der Waals surface area (Å²) in [6.45, 7) is 13.7. The van der Waals surface area contributed by atoms with Gasteiger partial charge in [-0.3, -0.25) is 4.79 Å². The number of carbonyl (C=O) groups is 2. The quantitative estimate of drug-likeness (QED) is 0.0817. The first kappa shape index (κ1) is 41.2. The first-order chi connectivity index (χ1) is 26.8. The molecule has 0 radical (unpaired) electrons. The predicted octanol–water partition coefficient (Wildman–Crippen LogP) is 8.62. The highest BCUT2D eigenvalue weighted by Gasteiger charge is 2.37. The SMILES string of the molecule is COC(=O)c1cc(NC[C@@H]2CCO2)c(NC(=O)Cc2ccc3cc2COCCc2cc(Cl)ccc2COc2cccc-3n2)c(OCCO[Si](C)(C)C(C)(C)C)c1. The molecule has 3 aromatic carbocycles. The summed E-state index contributed by atoms with van der Waals surface area (Å²) in [4.78, 5) is 31.7. The minimum atomic E-state index is -2.04. The Balaban J connectivity index is 1.26. The van der Waals surface area contributed by atoms with Crippen molar-refractivity contribution in [2.24, 2.45) is 0 Å². The van der Waals surface area contributed by atoms with Crippen molar-refractivity contribution in [1.29, 1.82) is 0 Å². The van der Waals surface area contributed by atoms with Gasteiger partial charge in [-0.2, -0.15) is 0 Å². The molecule has 1 amide bonds. The summed E-state index contributed by atoms with van der Waals surface area (Å²) in [5, 5.41) is 7.17. The van der Waals surface area contributed by atoms with Gasteiger partial charge in [0, 0.05) is 29.8 Å². The van der Waals surface area contributed by atoms with Crippen LogP contribution in [0.3, 0.4) is 0 Å². The van der Waals surface area contributed by atoms with E-state index < -0.39 is 14.3 Å². The smallest absolute Gasteiger partial charge is 0.338 e. The van der Waals surface area contributed by atoms with Crippen LogP contribution in [0.2, 0.25) is 23.2 Å². The van der Waals surface area contributed by atoms with Gasteiger partial charge in [-0.1, -0.05) is 56.6 Å². The summed E-state index contributed by atoms with van der Waals surface area (Å²) >= 11 is 6.35. The number of pyridine rings is 1. The number of esters is 1. The van der Waals surface area contributed by atoms with E-state index in [1.165, 1.54) is 7.11 Å². The average molecular weight is 802 g/mol. The molecule has 4 bridgehead atoms. The van der Waals surface area contributed by atoms with Crippen LogP contribution >= 0.6 is 11.6 Å². The number of methoxy groups -OCH3 is 1. The van der Waals surface area contributed by atoms with E-state index in [-0.39, 0.29) is 42.2 Å². The Morgan fingerprint density at radius 2 is 1.79 bits per heavy atom. The van der Waals surface area contributed by atoms with Gasteiger partial charge in [-0.15, -0.1) is 0 Å². The first-order valence-corrected chi connectivity index (χ1v) is 22.3. The Bertz CT molecular complexity index is 2030. The molecule has 298 valence electrons. The van der Waals surface area contributed by atoms with Crippen molar-refractivity contribution in [3.8, 4) is 22.9 Å². The number of nitrogens with zero attached hydrogens (tertiary/aromatic N) is 1. The molecule has 0 aliphatic carbocycles. The Kier molecular flexibility index (Phi) is 13.4. The zero-order valence-corrected chi connectivity index (χ0v) is 34.8.